The molecule has 0 fully saturated rings. The van der Waals surface area contributed by atoms with Crippen LogP contribution in [0.25, 0.3) is 0 Å². The summed E-state index contributed by atoms with van der Waals surface area (Å²) in [4.78, 5) is 0. The quantitative estimate of drug-likeness (QED) is 0.761. The first kappa shape index (κ1) is 14.9. The second-order valence-electron chi connectivity index (χ2n) is 3.67. The fraction of sp³-hybridized carbons (Fsp3) is 0.538. The number of methoxy groups -OCH3 is 1. The second kappa shape index (κ2) is 7.31. The minimum absolute atomic E-state index is 0.162. The molecular formula is C13H20FNO3. The molecule has 0 aliphatic heterocycles. The molecular weight excluding hydrogens is 237 g/mol. The second-order valence-corrected chi connectivity index (χ2v) is 3.67. The van der Waals surface area contributed by atoms with E-state index in [4.69, 9.17) is 19.9 Å². The smallest absolute Gasteiger partial charge is 0.176 e. The SMILES string of the molecule is CCOC(OCC)C(N)c1cccc(OC)c1F. The van der Waals surface area contributed by atoms with Crippen molar-refractivity contribution >= 4 is 0 Å². The summed E-state index contributed by atoms with van der Waals surface area (Å²) in [5, 5.41) is 0. The number of hydrogen-bond acceptors (Lipinski definition) is 4. The first-order valence-corrected chi connectivity index (χ1v) is 5.96. The summed E-state index contributed by atoms with van der Waals surface area (Å²) in [5.74, 6) is -0.313. The molecule has 1 aromatic rings. The van der Waals surface area contributed by atoms with Crippen LogP contribution in [-0.4, -0.2) is 26.6 Å². The molecule has 102 valence electrons. The number of benzene rings is 1. The Kier molecular flexibility index (Phi) is 6.04. The summed E-state index contributed by atoms with van der Waals surface area (Å²) in [6.07, 6.45) is -0.665. The first-order valence-electron chi connectivity index (χ1n) is 5.96. The van der Waals surface area contributed by atoms with E-state index < -0.39 is 18.1 Å². The van der Waals surface area contributed by atoms with E-state index in [0.29, 0.717) is 18.8 Å². The van der Waals surface area contributed by atoms with Gasteiger partial charge in [0.1, 0.15) is 0 Å². The highest BCUT2D eigenvalue weighted by atomic mass is 19.1. The molecule has 0 saturated carbocycles. The molecule has 18 heavy (non-hydrogen) atoms. The fourth-order valence-electron chi connectivity index (χ4n) is 1.67. The van der Waals surface area contributed by atoms with Crippen molar-refractivity contribution in [1.82, 2.24) is 0 Å². The highest BCUT2D eigenvalue weighted by Crippen LogP contribution is 2.26. The Hall–Kier alpha value is -1.17. The standard InChI is InChI=1S/C13H20FNO3/c1-4-17-13(18-5-2)12(15)9-7-6-8-10(16-3)11(9)14/h6-8,12-13H,4-5,15H2,1-3H3. The summed E-state index contributed by atoms with van der Waals surface area (Å²) in [6, 6.07) is 4.14. The molecule has 2 N–H and O–H groups in total. The van der Waals surface area contributed by atoms with Crippen LogP contribution >= 0.6 is 0 Å². The highest BCUT2D eigenvalue weighted by Gasteiger charge is 2.24. The maximum absolute atomic E-state index is 14.0. The lowest BCUT2D eigenvalue weighted by Crippen LogP contribution is -2.32. The van der Waals surface area contributed by atoms with Gasteiger partial charge in [0.2, 0.25) is 0 Å². The van der Waals surface area contributed by atoms with Gasteiger partial charge < -0.3 is 19.9 Å². The van der Waals surface area contributed by atoms with Crippen molar-refractivity contribution in [2.45, 2.75) is 26.2 Å². The van der Waals surface area contributed by atoms with E-state index in [1.165, 1.54) is 7.11 Å². The predicted molar refractivity (Wildman–Crippen MR) is 66.9 cm³/mol. The molecule has 0 spiro atoms. The van der Waals surface area contributed by atoms with E-state index in [2.05, 4.69) is 0 Å². The molecule has 4 nitrogen and oxygen atoms in total. The third kappa shape index (κ3) is 3.41. The molecule has 1 rings (SSSR count). The van der Waals surface area contributed by atoms with Crippen molar-refractivity contribution in [3.63, 3.8) is 0 Å². The summed E-state index contributed by atoms with van der Waals surface area (Å²) in [7, 11) is 1.41. The Morgan fingerprint density at radius 2 is 1.83 bits per heavy atom. The molecule has 0 heterocycles. The van der Waals surface area contributed by atoms with Gasteiger partial charge in [-0.1, -0.05) is 12.1 Å². The van der Waals surface area contributed by atoms with Gasteiger partial charge in [-0.3, -0.25) is 0 Å². The van der Waals surface area contributed by atoms with Gasteiger partial charge in [0.25, 0.3) is 0 Å². The number of ether oxygens (including phenoxy) is 3. The van der Waals surface area contributed by atoms with Crippen LogP contribution < -0.4 is 10.5 Å². The average molecular weight is 257 g/mol. The summed E-state index contributed by atoms with van der Waals surface area (Å²) in [5.41, 5.74) is 6.31. The van der Waals surface area contributed by atoms with Gasteiger partial charge in [-0.2, -0.15) is 0 Å². The van der Waals surface area contributed by atoms with Gasteiger partial charge in [-0.15, -0.1) is 0 Å². The van der Waals surface area contributed by atoms with Crippen molar-refractivity contribution in [3.05, 3.63) is 29.6 Å². The van der Waals surface area contributed by atoms with Crippen LogP contribution in [0.4, 0.5) is 4.39 Å². The van der Waals surface area contributed by atoms with Crippen molar-refractivity contribution in [1.29, 1.82) is 0 Å². The minimum Gasteiger partial charge on any atom is -0.494 e. The van der Waals surface area contributed by atoms with Crippen LogP contribution in [0.3, 0.4) is 0 Å². The van der Waals surface area contributed by atoms with Gasteiger partial charge in [-0.05, 0) is 19.9 Å². The van der Waals surface area contributed by atoms with Crippen molar-refractivity contribution in [2.75, 3.05) is 20.3 Å². The molecule has 1 aromatic carbocycles. The number of halogens is 1. The molecule has 0 saturated heterocycles. The Morgan fingerprint density at radius 1 is 1.22 bits per heavy atom. The first-order chi connectivity index (χ1) is 8.65. The predicted octanol–water partition coefficient (Wildman–Crippen LogP) is 2.23. The third-order valence-electron chi connectivity index (χ3n) is 2.53. The largest absolute Gasteiger partial charge is 0.494 e. The molecule has 0 radical (unpaired) electrons. The van der Waals surface area contributed by atoms with Crippen molar-refractivity contribution < 1.29 is 18.6 Å². The molecule has 5 heteroatoms. The van der Waals surface area contributed by atoms with E-state index in [1.807, 2.05) is 13.8 Å². The lowest BCUT2D eigenvalue weighted by Gasteiger charge is -2.24. The minimum atomic E-state index is -0.694. The topological polar surface area (TPSA) is 53.7 Å². The maximum atomic E-state index is 14.0. The number of nitrogens with two attached hydrogens (primary N) is 1. The molecule has 1 atom stereocenters. The zero-order chi connectivity index (χ0) is 13.5. The zero-order valence-corrected chi connectivity index (χ0v) is 11.0. The monoisotopic (exact) mass is 257 g/mol. The molecule has 0 aliphatic rings. The Morgan fingerprint density at radius 3 is 2.33 bits per heavy atom. The molecule has 1 unspecified atom stereocenters. The number of rotatable bonds is 7. The van der Waals surface area contributed by atoms with Crippen LogP contribution in [0.2, 0.25) is 0 Å². The maximum Gasteiger partial charge on any atom is 0.176 e. The normalized spacial score (nSPS) is 12.8. The van der Waals surface area contributed by atoms with E-state index in [-0.39, 0.29) is 5.75 Å². The van der Waals surface area contributed by atoms with Crippen LogP contribution in [0.5, 0.6) is 5.75 Å². The van der Waals surface area contributed by atoms with Crippen molar-refractivity contribution in [2.24, 2.45) is 5.73 Å². The summed E-state index contributed by atoms with van der Waals surface area (Å²) in [6.45, 7) is 4.56. The van der Waals surface area contributed by atoms with Gasteiger partial charge in [-0.25, -0.2) is 4.39 Å². The van der Waals surface area contributed by atoms with Crippen molar-refractivity contribution in [3.8, 4) is 5.75 Å². The number of hydrogen-bond donors (Lipinski definition) is 1. The van der Waals surface area contributed by atoms with Gasteiger partial charge in [0, 0.05) is 18.8 Å². The average Bonchev–Trinajstić information content (AvgIpc) is 2.38. The molecule has 0 aromatic heterocycles. The summed E-state index contributed by atoms with van der Waals surface area (Å²) >= 11 is 0. The Bertz CT molecular complexity index is 367. The fourth-order valence-corrected chi connectivity index (χ4v) is 1.67. The molecule has 0 bridgehead atoms. The Labute approximate surface area is 107 Å². The zero-order valence-electron chi connectivity index (χ0n) is 11.0. The van der Waals surface area contributed by atoms with Gasteiger partial charge >= 0.3 is 0 Å². The van der Waals surface area contributed by atoms with E-state index in [9.17, 15) is 4.39 Å². The van der Waals surface area contributed by atoms with Crippen LogP contribution in [0.15, 0.2) is 18.2 Å². The van der Waals surface area contributed by atoms with Gasteiger partial charge in [0.15, 0.2) is 17.9 Å². The van der Waals surface area contributed by atoms with Crippen LogP contribution in [0.1, 0.15) is 25.5 Å². The van der Waals surface area contributed by atoms with Crippen LogP contribution in [0, 0.1) is 5.82 Å². The highest BCUT2D eigenvalue weighted by molar-refractivity contribution is 5.33. The third-order valence-corrected chi connectivity index (χ3v) is 2.53. The van der Waals surface area contributed by atoms with Gasteiger partial charge in [0.05, 0.1) is 13.2 Å². The summed E-state index contributed by atoms with van der Waals surface area (Å²) < 4.78 is 29.7. The molecule has 0 aliphatic carbocycles. The van der Waals surface area contributed by atoms with E-state index in [0.717, 1.165) is 0 Å². The van der Waals surface area contributed by atoms with E-state index >= 15 is 0 Å². The lowest BCUT2D eigenvalue weighted by molar-refractivity contribution is -0.149. The Balaban J connectivity index is 2.96. The van der Waals surface area contributed by atoms with Crippen LogP contribution in [-0.2, 0) is 9.47 Å². The van der Waals surface area contributed by atoms with E-state index in [1.54, 1.807) is 18.2 Å². The molecule has 0 amide bonds. The lowest BCUT2D eigenvalue weighted by atomic mass is 10.1.